The highest BCUT2D eigenvalue weighted by atomic mass is 19.1. The van der Waals surface area contributed by atoms with E-state index in [0.717, 1.165) is 23.4 Å². The zero-order valence-corrected chi connectivity index (χ0v) is 9.73. The van der Waals surface area contributed by atoms with E-state index >= 15 is 0 Å². The molecule has 1 N–H and O–H groups in total. The molecule has 0 bridgehead atoms. The lowest BCUT2D eigenvalue weighted by atomic mass is 10.1. The van der Waals surface area contributed by atoms with Crippen LogP contribution in [0.2, 0.25) is 0 Å². The summed E-state index contributed by atoms with van der Waals surface area (Å²) in [5, 5.41) is 7.04. The summed E-state index contributed by atoms with van der Waals surface area (Å²) in [5.41, 5.74) is 1.79. The Hall–Kier alpha value is -1.88. The van der Waals surface area contributed by atoms with E-state index in [4.69, 9.17) is 9.26 Å². The summed E-state index contributed by atoms with van der Waals surface area (Å²) in [7, 11) is 0. The Morgan fingerprint density at radius 1 is 1.39 bits per heavy atom. The van der Waals surface area contributed by atoms with Gasteiger partial charge in [0.15, 0.2) is 0 Å². The number of fused-ring (bicyclic) bond motifs is 1. The Labute approximate surface area is 104 Å². The van der Waals surface area contributed by atoms with Crippen LogP contribution in [0.25, 0.3) is 0 Å². The van der Waals surface area contributed by atoms with Gasteiger partial charge in [-0.25, -0.2) is 4.39 Å². The van der Waals surface area contributed by atoms with E-state index in [1.54, 1.807) is 12.3 Å². The second-order valence-corrected chi connectivity index (χ2v) is 4.32. The molecule has 1 aliphatic rings. The van der Waals surface area contributed by atoms with Crippen LogP contribution in [0.3, 0.4) is 0 Å². The third-order valence-electron chi connectivity index (χ3n) is 2.93. The van der Waals surface area contributed by atoms with Crippen molar-refractivity contribution in [1.29, 1.82) is 0 Å². The van der Waals surface area contributed by atoms with Crippen LogP contribution in [0.1, 0.15) is 11.3 Å². The SMILES string of the molecule is Fc1ccc2c(c1)CC(CNCc1ccon1)O2. The summed E-state index contributed by atoms with van der Waals surface area (Å²) in [4.78, 5) is 0. The van der Waals surface area contributed by atoms with E-state index in [1.807, 2.05) is 6.07 Å². The molecule has 5 heteroatoms. The maximum Gasteiger partial charge on any atom is 0.124 e. The molecule has 1 aliphatic heterocycles. The summed E-state index contributed by atoms with van der Waals surface area (Å²) in [5.74, 6) is 0.568. The first-order chi connectivity index (χ1) is 8.81. The standard InChI is InChI=1S/C13H13FN2O2/c14-10-1-2-13-9(5-10)6-12(18-13)8-15-7-11-3-4-17-16-11/h1-5,12,15H,6-8H2. The summed E-state index contributed by atoms with van der Waals surface area (Å²) >= 11 is 0. The van der Waals surface area contributed by atoms with E-state index < -0.39 is 0 Å². The molecule has 18 heavy (non-hydrogen) atoms. The zero-order chi connectivity index (χ0) is 12.4. The maximum absolute atomic E-state index is 13.0. The zero-order valence-electron chi connectivity index (χ0n) is 9.73. The van der Waals surface area contributed by atoms with Gasteiger partial charge in [-0.15, -0.1) is 0 Å². The fourth-order valence-corrected chi connectivity index (χ4v) is 2.09. The number of ether oxygens (including phenoxy) is 1. The minimum atomic E-state index is -0.214. The molecule has 0 aliphatic carbocycles. The van der Waals surface area contributed by atoms with Gasteiger partial charge < -0.3 is 14.6 Å². The van der Waals surface area contributed by atoms with Gasteiger partial charge in [0.1, 0.15) is 23.9 Å². The summed E-state index contributed by atoms with van der Waals surface area (Å²) in [6.07, 6.45) is 2.33. The van der Waals surface area contributed by atoms with Crippen molar-refractivity contribution in [3.8, 4) is 5.75 Å². The van der Waals surface area contributed by atoms with Crippen LogP contribution >= 0.6 is 0 Å². The molecule has 1 aromatic carbocycles. The van der Waals surface area contributed by atoms with E-state index in [1.165, 1.54) is 12.1 Å². The number of hydrogen-bond acceptors (Lipinski definition) is 4. The fourth-order valence-electron chi connectivity index (χ4n) is 2.09. The van der Waals surface area contributed by atoms with Gasteiger partial charge in [-0.1, -0.05) is 5.16 Å². The number of aromatic nitrogens is 1. The van der Waals surface area contributed by atoms with E-state index in [2.05, 4.69) is 10.5 Å². The molecule has 3 rings (SSSR count). The van der Waals surface area contributed by atoms with Gasteiger partial charge >= 0.3 is 0 Å². The van der Waals surface area contributed by atoms with Crippen LogP contribution in [-0.2, 0) is 13.0 Å². The normalized spacial score (nSPS) is 17.5. The molecule has 2 aromatic rings. The lowest BCUT2D eigenvalue weighted by Gasteiger charge is -2.10. The molecule has 1 atom stereocenters. The fraction of sp³-hybridized carbons (Fsp3) is 0.308. The highest BCUT2D eigenvalue weighted by molar-refractivity contribution is 5.37. The summed E-state index contributed by atoms with van der Waals surface area (Å²) in [6.45, 7) is 1.34. The monoisotopic (exact) mass is 248 g/mol. The van der Waals surface area contributed by atoms with Crippen molar-refractivity contribution in [1.82, 2.24) is 10.5 Å². The van der Waals surface area contributed by atoms with E-state index in [0.29, 0.717) is 13.1 Å². The second-order valence-electron chi connectivity index (χ2n) is 4.32. The molecule has 1 aromatic heterocycles. The topological polar surface area (TPSA) is 47.3 Å². The maximum atomic E-state index is 13.0. The largest absolute Gasteiger partial charge is 0.488 e. The van der Waals surface area contributed by atoms with Crippen LogP contribution in [0.4, 0.5) is 4.39 Å². The van der Waals surface area contributed by atoms with Gasteiger partial charge in [0.05, 0.1) is 5.69 Å². The lowest BCUT2D eigenvalue weighted by Crippen LogP contribution is -2.29. The Kier molecular flexibility index (Phi) is 2.98. The van der Waals surface area contributed by atoms with Crippen molar-refractivity contribution in [2.45, 2.75) is 19.1 Å². The van der Waals surface area contributed by atoms with Crippen LogP contribution in [0.15, 0.2) is 35.1 Å². The molecule has 4 nitrogen and oxygen atoms in total. The predicted octanol–water partition coefficient (Wildman–Crippen LogP) is 1.91. The Bertz CT molecular complexity index is 528. The molecule has 94 valence electrons. The van der Waals surface area contributed by atoms with Crippen LogP contribution in [0.5, 0.6) is 5.75 Å². The first-order valence-corrected chi connectivity index (χ1v) is 5.86. The highest BCUT2D eigenvalue weighted by Gasteiger charge is 2.22. The molecule has 2 heterocycles. The first kappa shape index (κ1) is 11.2. The van der Waals surface area contributed by atoms with E-state index in [-0.39, 0.29) is 11.9 Å². The molecule has 0 amide bonds. The van der Waals surface area contributed by atoms with Gasteiger partial charge in [0, 0.05) is 31.1 Å². The Morgan fingerprint density at radius 2 is 2.33 bits per heavy atom. The van der Waals surface area contributed by atoms with Crippen molar-refractivity contribution in [3.63, 3.8) is 0 Å². The average molecular weight is 248 g/mol. The quantitative estimate of drug-likeness (QED) is 0.897. The second kappa shape index (κ2) is 4.78. The summed E-state index contributed by atoms with van der Waals surface area (Å²) < 4.78 is 23.5. The predicted molar refractivity (Wildman–Crippen MR) is 62.7 cm³/mol. The van der Waals surface area contributed by atoms with Gasteiger partial charge in [0.2, 0.25) is 0 Å². The summed E-state index contributed by atoms with van der Waals surface area (Å²) in [6, 6.07) is 6.45. The highest BCUT2D eigenvalue weighted by Crippen LogP contribution is 2.28. The Morgan fingerprint density at radius 3 is 3.17 bits per heavy atom. The molecular formula is C13H13FN2O2. The number of rotatable bonds is 4. The number of halogens is 1. The lowest BCUT2D eigenvalue weighted by molar-refractivity contribution is 0.226. The number of benzene rings is 1. The van der Waals surface area contributed by atoms with E-state index in [9.17, 15) is 4.39 Å². The van der Waals surface area contributed by atoms with Crippen molar-refractivity contribution in [2.75, 3.05) is 6.54 Å². The minimum Gasteiger partial charge on any atom is -0.488 e. The van der Waals surface area contributed by atoms with Crippen molar-refractivity contribution < 1.29 is 13.7 Å². The number of nitrogens with one attached hydrogen (secondary N) is 1. The van der Waals surface area contributed by atoms with Gasteiger partial charge in [-0.2, -0.15) is 0 Å². The molecular weight excluding hydrogens is 235 g/mol. The first-order valence-electron chi connectivity index (χ1n) is 5.86. The molecule has 1 unspecified atom stereocenters. The van der Waals surface area contributed by atoms with Crippen LogP contribution < -0.4 is 10.1 Å². The molecule has 0 spiro atoms. The van der Waals surface area contributed by atoms with Crippen molar-refractivity contribution >= 4 is 0 Å². The molecule has 0 fully saturated rings. The number of hydrogen-bond donors (Lipinski definition) is 1. The van der Waals surface area contributed by atoms with Crippen molar-refractivity contribution in [2.24, 2.45) is 0 Å². The number of nitrogens with zero attached hydrogens (tertiary/aromatic N) is 1. The van der Waals surface area contributed by atoms with Gasteiger partial charge in [0.25, 0.3) is 0 Å². The molecule has 0 radical (unpaired) electrons. The molecule has 0 saturated carbocycles. The smallest absolute Gasteiger partial charge is 0.124 e. The average Bonchev–Trinajstić information content (AvgIpc) is 2.97. The Balaban J connectivity index is 1.52. The minimum absolute atomic E-state index is 0.0497. The van der Waals surface area contributed by atoms with Crippen LogP contribution in [-0.4, -0.2) is 17.8 Å². The van der Waals surface area contributed by atoms with Gasteiger partial charge in [-0.05, 0) is 18.2 Å². The van der Waals surface area contributed by atoms with Gasteiger partial charge in [-0.3, -0.25) is 0 Å². The molecule has 0 saturated heterocycles. The third-order valence-corrected chi connectivity index (χ3v) is 2.93. The van der Waals surface area contributed by atoms with Crippen molar-refractivity contribution in [3.05, 3.63) is 47.6 Å². The third kappa shape index (κ3) is 2.36. The van der Waals surface area contributed by atoms with Crippen LogP contribution in [0, 0.1) is 5.82 Å².